The van der Waals surface area contributed by atoms with E-state index in [1.807, 2.05) is 36.5 Å². The second kappa shape index (κ2) is 7.81. The Kier molecular flexibility index (Phi) is 5.50. The van der Waals surface area contributed by atoms with E-state index in [2.05, 4.69) is 15.1 Å². The molecule has 7 nitrogen and oxygen atoms in total. The number of rotatable bonds is 7. The molecule has 2 aromatic heterocycles. The molecule has 0 atom stereocenters. The quantitative estimate of drug-likeness (QED) is 0.642. The van der Waals surface area contributed by atoms with E-state index in [0.29, 0.717) is 0 Å². The second-order valence-corrected chi connectivity index (χ2v) is 8.79. The molecule has 9 heteroatoms. The van der Waals surface area contributed by atoms with Crippen molar-refractivity contribution in [2.24, 2.45) is 0 Å². The first-order valence-electron chi connectivity index (χ1n) is 7.86. The van der Waals surface area contributed by atoms with Crippen molar-refractivity contribution in [3.8, 4) is 5.69 Å². The summed E-state index contributed by atoms with van der Waals surface area (Å²) >= 11 is 1.13. The number of benzene rings is 1. The van der Waals surface area contributed by atoms with Crippen LogP contribution < -0.4 is 10.0 Å². The van der Waals surface area contributed by atoms with E-state index in [1.165, 1.54) is 13.1 Å². The summed E-state index contributed by atoms with van der Waals surface area (Å²) < 4.78 is 27.7. The van der Waals surface area contributed by atoms with Gasteiger partial charge in [0.25, 0.3) is 0 Å². The number of nitrogens with one attached hydrogen (secondary N) is 2. The molecule has 0 bridgehead atoms. The number of thiophene rings is 1. The van der Waals surface area contributed by atoms with Crippen molar-refractivity contribution in [2.45, 2.75) is 17.2 Å². The van der Waals surface area contributed by atoms with Gasteiger partial charge in [-0.25, -0.2) is 17.8 Å². The summed E-state index contributed by atoms with van der Waals surface area (Å²) in [7, 11) is -2.08. The van der Waals surface area contributed by atoms with E-state index in [9.17, 15) is 13.2 Å². The van der Waals surface area contributed by atoms with Crippen molar-refractivity contribution in [1.82, 2.24) is 19.8 Å². The summed E-state index contributed by atoms with van der Waals surface area (Å²) in [6, 6.07) is 12.9. The van der Waals surface area contributed by atoms with E-state index in [1.54, 1.807) is 16.9 Å². The molecule has 0 spiro atoms. The van der Waals surface area contributed by atoms with Crippen LogP contribution in [-0.4, -0.2) is 31.2 Å². The Morgan fingerprint density at radius 2 is 1.96 bits per heavy atom. The predicted molar refractivity (Wildman–Crippen MR) is 99.7 cm³/mol. The maximum absolute atomic E-state index is 12.1. The van der Waals surface area contributed by atoms with Gasteiger partial charge < -0.3 is 5.32 Å². The van der Waals surface area contributed by atoms with E-state index < -0.39 is 10.0 Å². The van der Waals surface area contributed by atoms with Crippen LogP contribution >= 0.6 is 11.3 Å². The molecule has 136 valence electrons. The summed E-state index contributed by atoms with van der Waals surface area (Å²) in [6.07, 6.45) is 3.69. The van der Waals surface area contributed by atoms with Crippen molar-refractivity contribution in [1.29, 1.82) is 0 Å². The van der Waals surface area contributed by atoms with Crippen LogP contribution in [0.4, 0.5) is 0 Å². The SMILES string of the molecule is CNS(=O)(=O)c1ccc(CNC(=O)Cc2cnn(-c3ccccc3)c2)s1. The number of aromatic nitrogens is 2. The first kappa shape index (κ1) is 18.3. The van der Waals surface area contributed by atoms with E-state index >= 15 is 0 Å². The van der Waals surface area contributed by atoms with Crippen LogP contribution in [0.15, 0.2) is 59.1 Å². The Balaban J connectivity index is 1.56. The number of nitrogens with zero attached hydrogens (tertiary/aromatic N) is 2. The lowest BCUT2D eigenvalue weighted by Gasteiger charge is -2.02. The highest BCUT2D eigenvalue weighted by atomic mass is 32.2. The Morgan fingerprint density at radius 3 is 2.69 bits per heavy atom. The molecule has 0 aliphatic rings. The first-order valence-corrected chi connectivity index (χ1v) is 10.2. The minimum Gasteiger partial charge on any atom is -0.351 e. The molecule has 3 rings (SSSR count). The van der Waals surface area contributed by atoms with Crippen molar-refractivity contribution >= 4 is 27.3 Å². The standard InChI is InChI=1S/C17H18N4O3S2/c1-18-26(23,24)17-8-7-15(25-17)11-19-16(22)9-13-10-20-21(12-13)14-5-3-2-4-6-14/h2-8,10,12,18H,9,11H2,1H3,(H,19,22). The van der Waals surface area contributed by atoms with Crippen LogP contribution in [0.2, 0.25) is 0 Å². The molecule has 2 N–H and O–H groups in total. The largest absolute Gasteiger partial charge is 0.351 e. The van der Waals surface area contributed by atoms with Gasteiger partial charge in [-0.05, 0) is 36.9 Å². The lowest BCUT2D eigenvalue weighted by molar-refractivity contribution is -0.120. The molecular weight excluding hydrogens is 372 g/mol. The van der Waals surface area contributed by atoms with E-state index in [4.69, 9.17) is 0 Å². The fourth-order valence-corrected chi connectivity index (χ4v) is 4.44. The van der Waals surface area contributed by atoms with Gasteiger partial charge in [0, 0.05) is 11.1 Å². The molecule has 0 saturated carbocycles. The normalized spacial score (nSPS) is 11.4. The maximum atomic E-state index is 12.1. The molecule has 1 aromatic carbocycles. The zero-order valence-electron chi connectivity index (χ0n) is 14.0. The Hall–Kier alpha value is -2.49. The number of hydrogen-bond acceptors (Lipinski definition) is 5. The molecule has 0 fully saturated rings. The van der Waals surface area contributed by atoms with E-state index in [-0.39, 0.29) is 23.1 Å². The minimum atomic E-state index is -3.44. The molecule has 0 aliphatic carbocycles. The van der Waals surface area contributed by atoms with Gasteiger partial charge in [-0.1, -0.05) is 18.2 Å². The zero-order valence-corrected chi connectivity index (χ0v) is 15.7. The number of sulfonamides is 1. The van der Waals surface area contributed by atoms with Gasteiger partial charge in [-0.3, -0.25) is 4.79 Å². The smallest absolute Gasteiger partial charge is 0.249 e. The van der Waals surface area contributed by atoms with Crippen molar-refractivity contribution in [2.75, 3.05) is 7.05 Å². The Morgan fingerprint density at radius 1 is 1.19 bits per heavy atom. The lowest BCUT2D eigenvalue weighted by atomic mass is 10.2. The summed E-state index contributed by atoms with van der Waals surface area (Å²) in [5.41, 5.74) is 1.73. The molecular formula is C17H18N4O3S2. The molecule has 2 heterocycles. The highest BCUT2D eigenvalue weighted by Gasteiger charge is 2.14. The molecule has 0 radical (unpaired) electrons. The third-order valence-electron chi connectivity index (χ3n) is 3.65. The van der Waals surface area contributed by atoms with Gasteiger partial charge >= 0.3 is 0 Å². The molecule has 0 aliphatic heterocycles. The van der Waals surface area contributed by atoms with Crippen LogP contribution in [-0.2, 0) is 27.8 Å². The van der Waals surface area contributed by atoms with Gasteiger partial charge in [-0.2, -0.15) is 5.10 Å². The van der Waals surface area contributed by atoms with E-state index in [0.717, 1.165) is 27.5 Å². The molecule has 3 aromatic rings. The van der Waals surface area contributed by atoms with Crippen LogP contribution in [0.25, 0.3) is 5.69 Å². The molecule has 26 heavy (non-hydrogen) atoms. The maximum Gasteiger partial charge on any atom is 0.249 e. The van der Waals surface area contributed by atoms with Crippen LogP contribution in [0.3, 0.4) is 0 Å². The average molecular weight is 390 g/mol. The Bertz CT molecular complexity index is 994. The third-order valence-corrected chi connectivity index (χ3v) is 6.64. The number of hydrogen-bond donors (Lipinski definition) is 2. The minimum absolute atomic E-state index is 0.149. The molecule has 0 saturated heterocycles. The Labute approximate surface area is 155 Å². The molecule has 0 unspecified atom stereocenters. The average Bonchev–Trinajstić information content (AvgIpc) is 3.30. The number of para-hydroxylation sites is 1. The number of carbonyl (C=O) groups is 1. The van der Waals surface area contributed by atoms with Crippen LogP contribution in [0.1, 0.15) is 10.4 Å². The monoisotopic (exact) mass is 390 g/mol. The topological polar surface area (TPSA) is 93.1 Å². The van der Waals surface area contributed by atoms with Gasteiger partial charge in [0.1, 0.15) is 4.21 Å². The fraction of sp³-hybridized carbons (Fsp3) is 0.176. The second-order valence-electron chi connectivity index (χ2n) is 5.51. The molecule has 1 amide bonds. The van der Waals surface area contributed by atoms with Gasteiger partial charge in [0.2, 0.25) is 15.9 Å². The highest BCUT2D eigenvalue weighted by Crippen LogP contribution is 2.21. The van der Waals surface area contributed by atoms with Crippen LogP contribution in [0, 0.1) is 0 Å². The van der Waals surface area contributed by atoms with Crippen molar-refractivity contribution < 1.29 is 13.2 Å². The van der Waals surface area contributed by atoms with Crippen LogP contribution in [0.5, 0.6) is 0 Å². The third kappa shape index (κ3) is 4.37. The lowest BCUT2D eigenvalue weighted by Crippen LogP contribution is -2.24. The van der Waals surface area contributed by atoms with Gasteiger partial charge in [-0.15, -0.1) is 11.3 Å². The summed E-state index contributed by atoms with van der Waals surface area (Å²) in [6.45, 7) is 0.287. The predicted octanol–water partition coefficient (Wildman–Crippen LogP) is 1.70. The highest BCUT2D eigenvalue weighted by molar-refractivity contribution is 7.91. The number of carbonyl (C=O) groups excluding carboxylic acids is 1. The van der Waals surface area contributed by atoms with Crippen molar-refractivity contribution in [3.05, 3.63) is 65.3 Å². The van der Waals surface area contributed by atoms with Gasteiger partial charge in [0.05, 0.1) is 24.8 Å². The number of amides is 1. The summed E-state index contributed by atoms with van der Waals surface area (Å²) in [4.78, 5) is 12.9. The first-order chi connectivity index (χ1) is 12.5. The fourth-order valence-electron chi connectivity index (χ4n) is 2.31. The summed E-state index contributed by atoms with van der Waals surface area (Å²) in [5, 5.41) is 7.06. The van der Waals surface area contributed by atoms with Crippen molar-refractivity contribution in [3.63, 3.8) is 0 Å². The summed E-state index contributed by atoms with van der Waals surface area (Å²) in [5.74, 6) is -0.149. The zero-order chi connectivity index (χ0) is 18.6. The van der Waals surface area contributed by atoms with Gasteiger partial charge in [0.15, 0.2) is 0 Å².